The predicted octanol–water partition coefficient (Wildman–Crippen LogP) is 3.48. The van der Waals surface area contributed by atoms with Gasteiger partial charge in [-0.1, -0.05) is 15.9 Å². The van der Waals surface area contributed by atoms with Crippen molar-refractivity contribution in [3.05, 3.63) is 52.0 Å². The number of carbonyl (C=O) groups is 1. The van der Waals surface area contributed by atoms with Crippen molar-refractivity contribution in [3.63, 3.8) is 0 Å². The Labute approximate surface area is 155 Å². The maximum Gasteiger partial charge on any atom is 0.261 e. The topological polar surface area (TPSA) is 66.5 Å². The van der Waals surface area contributed by atoms with Crippen molar-refractivity contribution in [1.82, 2.24) is 0 Å². The van der Waals surface area contributed by atoms with Crippen LogP contribution in [0.4, 0.5) is 11.4 Å². The lowest BCUT2D eigenvalue weighted by Gasteiger charge is -2.35. The smallest absolute Gasteiger partial charge is 0.261 e. The number of carbonyl (C=O) groups excluding carboxylic acids is 1. The summed E-state index contributed by atoms with van der Waals surface area (Å²) in [6, 6.07) is 10.3. The average molecular weight is 421 g/mol. The molecule has 0 aromatic heterocycles. The molecule has 2 aromatic carbocycles. The van der Waals surface area contributed by atoms with Gasteiger partial charge in [0.25, 0.3) is 10.0 Å². The number of benzene rings is 2. The maximum atomic E-state index is 12.6. The van der Waals surface area contributed by atoms with E-state index < -0.39 is 10.0 Å². The zero-order valence-electron chi connectivity index (χ0n) is 13.5. The monoisotopic (exact) mass is 420 g/mol. The Kier molecular flexibility index (Phi) is 4.08. The summed E-state index contributed by atoms with van der Waals surface area (Å²) in [6.45, 7) is 0.753. The van der Waals surface area contributed by atoms with Gasteiger partial charge in [-0.3, -0.25) is 9.52 Å². The molecule has 7 heteroatoms. The fraction of sp³-hybridized carbons (Fsp3) is 0.278. The summed E-state index contributed by atoms with van der Waals surface area (Å²) in [7, 11) is -3.64. The van der Waals surface area contributed by atoms with Crippen LogP contribution in [0.2, 0.25) is 0 Å². The van der Waals surface area contributed by atoms with Gasteiger partial charge < -0.3 is 4.90 Å². The number of sulfonamides is 1. The Morgan fingerprint density at radius 1 is 1.00 bits per heavy atom. The molecule has 0 saturated carbocycles. The number of rotatable bonds is 3. The van der Waals surface area contributed by atoms with Gasteiger partial charge in [0, 0.05) is 23.1 Å². The van der Waals surface area contributed by atoms with E-state index in [1.807, 2.05) is 17.0 Å². The molecule has 0 saturated heterocycles. The number of anilines is 2. The Morgan fingerprint density at radius 2 is 1.68 bits per heavy atom. The molecule has 1 N–H and O–H groups in total. The highest BCUT2D eigenvalue weighted by Crippen LogP contribution is 2.38. The van der Waals surface area contributed by atoms with Crippen molar-refractivity contribution in [2.75, 3.05) is 16.2 Å². The lowest BCUT2D eigenvalue weighted by Crippen LogP contribution is -2.39. The second-order valence-corrected chi connectivity index (χ2v) is 8.95. The highest BCUT2D eigenvalue weighted by atomic mass is 79.9. The second kappa shape index (κ2) is 6.14. The lowest BCUT2D eigenvalue weighted by atomic mass is 9.91. The SMILES string of the molecule is O=C1CCc2cc(NS(=O)(=O)c3ccc(Br)cc3)cc3c2N1CCC3. The summed E-state index contributed by atoms with van der Waals surface area (Å²) in [5, 5.41) is 0. The van der Waals surface area contributed by atoms with Gasteiger partial charge in [0.05, 0.1) is 10.6 Å². The highest BCUT2D eigenvalue weighted by molar-refractivity contribution is 9.10. The number of hydrogen-bond acceptors (Lipinski definition) is 3. The van der Waals surface area contributed by atoms with E-state index in [9.17, 15) is 13.2 Å². The van der Waals surface area contributed by atoms with Gasteiger partial charge in [0.15, 0.2) is 0 Å². The van der Waals surface area contributed by atoms with Crippen molar-refractivity contribution < 1.29 is 13.2 Å². The third kappa shape index (κ3) is 3.06. The summed E-state index contributed by atoms with van der Waals surface area (Å²) in [5.41, 5.74) is 3.65. The fourth-order valence-electron chi connectivity index (χ4n) is 3.54. The van der Waals surface area contributed by atoms with Crippen molar-refractivity contribution >= 4 is 43.2 Å². The third-order valence-corrected chi connectivity index (χ3v) is 6.58. The normalized spacial score (nSPS) is 16.5. The number of nitrogens with zero attached hydrogens (tertiary/aromatic N) is 1. The Balaban J connectivity index is 1.70. The largest absolute Gasteiger partial charge is 0.312 e. The number of hydrogen-bond donors (Lipinski definition) is 1. The van der Waals surface area contributed by atoms with Crippen LogP contribution in [-0.4, -0.2) is 20.9 Å². The predicted molar refractivity (Wildman–Crippen MR) is 100 cm³/mol. The van der Waals surface area contributed by atoms with Crippen LogP contribution in [0.1, 0.15) is 24.0 Å². The molecular weight excluding hydrogens is 404 g/mol. The van der Waals surface area contributed by atoms with Crippen LogP contribution >= 0.6 is 15.9 Å². The summed E-state index contributed by atoms with van der Waals surface area (Å²) < 4.78 is 28.8. The first-order valence-corrected chi connectivity index (χ1v) is 10.5. The summed E-state index contributed by atoms with van der Waals surface area (Å²) in [5.74, 6) is 0.164. The van der Waals surface area contributed by atoms with Crippen molar-refractivity contribution in [2.24, 2.45) is 0 Å². The highest BCUT2D eigenvalue weighted by Gasteiger charge is 2.30. The van der Waals surface area contributed by atoms with E-state index in [4.69, 9.17) is 0 Å². The fourth-order valence-corrected chi connectivity index (χ4v) is 4.84. The molecule has 4 rings (SSSR count). The molecule has 25 heavy (non-hydrogen) atoms. The number of nitrogens with one attached hydrogen (secondary N) is 1. The van der Waals surface area contributed by atoms with Crippen LogP contribution in [0, 0.1) is 0 Å². The molecule has 0 aliphatic carbocycles. The lowest BCUT2D eigenvalue weighted by molar-refractivity contribution is -0.119. The van der Waals surface area contributed by atoms with Crippen LogP contribution < -0.4 is 9.62 Å². The molecule has 0 radical (unpaired) electrons. The Morgan fingerprint density at radius 3 is 2.40 bits per heavy atom. The van der Waals surface area contributed by atoms with Gasteiger partial charge in [-0.2, -0.15) is 0 Å². The van der Waals surface area contributed by atoms with Gasteiger partial charge in [-0.05, 0) is 66.8 Å². The third-order valence-electron chi connectivity index (χ3n) is 4.65. The summed E-state index contributed by atoms with van der Waals surface area (Å²) in [4.78, 5) is 14.2. The van der Waals surface area contributed by atoms with Crippen molar-refractivity contribution in [2.45, 2.75) is 30.6 Å². The zero-order valence-corrected chi connectivity index (χ0v) is 15.9. The van der Waals surface area contributed by atoms with E-state index >= 15 is 0 Å². The first kappa shape index (κ1) is 16.6. The number of halogens is 1. The molecule has 0 atom stereocenters. The zero-order chi connectivity index (χ0) is 17.6. The maximum absolute atomic E-state index is 12.6. The molecule has 0 unspecified atom stereocenters. The van der Waals surface area contributed by atoms with Gasteiger partial charge in [0.2, 0.25) is 5.91 Å². The minimum absolute atomic E-state index is 0.164. The number of amides is 1. The van der Waals surface area contributed by atoms with Crippen LogP contribution in [0.15, 0.2) is 45.8 Å². The van der Waals surface area contributed by atoms with E-state index in [0.717, 1.165) is 40.7 Å². The second-order valence-electron chi connectivity index (χ2n) is 6.35. The molecule has 0 bridgehead atoms. The first-order valence-electron chi connectivity index (χ1n) is 8.18. The van der Waals surface area contributed by atoms with E-state index in [-0.39, 0.29) is 10.8 Å². The molecule has 130 valence electrons. The number of aryl methyl sites for hydroxylation is 2. The molecule has 5 nitrogen and oxygen atoms in total. The van der Waals surface area contributed by atoms with Crippen LogP contribution in [0.5, 0.6) is 0 Å². The quantitative estimate of drug-likeness (QED) is 0.826. The van der Waals surface area contributed by atoms with Gasteiger partial charge >= 0.3 is 0 Å². The molecule has 0 spiro atoms. The van der Waals surface area contributed by atoms with E-state index in [1.165, 1.54) is 0 Å². The Hall–Kier alpha value is -1.86. The molecule has 0 fully saturated rings. The van der Waals surface area contributed by atoms with Crippen molar-refractivity contribution in [1.29, 1.82) is 0 Å². The van der Waals surface area contributed by atoms with Gasteiger partial charge in [-0.15, -0.1) is 0 Å². The standard InChI is InChI=1S/C18H17BrN2O3S/c19-14-4-6-16(7-5-14)25(23,24)20-15-10-12-2-1-9-21-17(22)8-3-13(11-15)18(12)21/h4-7,10-11,20H,1-3,8-9H2. The van der Waals surface area contributed by atoms with Crippen LogP contribution in [-0.2, 0) is 27.7 Å². The van der Waals surface area contributed by atoms with Crippen molar-refractivity contribution in [3.8, 4) is 0 Å². The average Bonchev–Trinajstić information content (AvgIpc) is 2.58. The van der Waals surface area contributed by atoms with E-state index in [2.05, 4.69) is 20.7 Å². The van der Waals surface area contributed by atoms with Crippen LogP contribution in [0.25, 0.3) is 0 Å². The van der Waals surface area contributed by atoms with Gasteiger partial charge in [-0.25, -0.2) is 8.42 Å². The molecule has 2 heterocycles. The first-order chi connectivity index (χ1) is 11.9. The Bertz CT molecular complexity index is 938. The molecule has 2 aliphatic heterocycles. The molecule has 2 aliphatic rings. The van der Waals surface area contributed by atoms with E-state index in [1.54, 1.807) is 24.3 Å². The van der Waals surface area contributed by atoms with Crippen LogP contribution in [0.3, 0.4) is 0 Å². The molecule has 2 aromatic rings. The summed E-state index contributed by atoms with van der Waals surface area (Å²) >= 11 is 3.31. The van der Waals surface area contributed by atoms with E-state index in [0.29, 0.717) is 18.5 Å². The summed E-state index contributed by atoms with van der Waals surface area (Å²) in [6.07, 6.45) is 2.90. The molecule has 1 amide bonds. The molecular formula is C18H17BrN2O3S. The van der Waals surface area contributed by atoms with Gasteiger partial charge in [0.1, 0.15) is 0 Å². The minimum atomic E-state index is -3.64. The minimum Gasteiger partial charge on any atom is -0.312 e.